The number of thiol groups is 1. The fourth-order valence-electron chi connectivity index (χ4n) is 20.4. The van der Waals surface area contributed by atoms with Crippen LogP contribution in [0.3, 0.4) is 0 Å². The first-order chi connectivity index (χ1) is 66.5. The molecule has 9 aromatic rings. The summed E-state index contributed by atoms with van der Waals surface area (Å²) in [7, 11) is -5.10. The van der Waals surface area contributed by atoms with E-state index in [4.69, 9.17) is 98.7 Å². The van der Waals surface area contributed by atoms with E-state index in [1.54, 1.807) is 48.5 Å². The average molecular weight is 2110 g/mol. The number of esters is 2. The first kappa shape index (κ1) is 108. The van der Waals surface area contributed by atoms with Crippen molar-refractivity contribution in [1.29, 1.82) is 0 Å². The Labute approximate surface area is 835 Å². The van der Waals surface area contributed by atoms with Gasteiger partial charge in [-0.15, -0.1) is 0 Å². The van der Waals surface area contributed by atoms with Gasteiger partial charge in [-0.2, -0.15) is 44.6 Å². The third-order valence-electron chi connectivity index (χ3n) is 26.9. The number of aryl methyl sites for hydroxylation is 1. The van der Waals surface area contributed by atoms with Gasteiger partial charge in [0.05, 0.1) is 99.6 Å². The number of methoxy groups -OCH3 is 2. The second-order valence-electron chi connectivity index (χ2n) is 35.1. The monoisotopic (exact) mass is 2100 g/mol. The maximum atomic E-state index is 15.4. The summed E-state index contributed by atoms with van der Waals surface area (Å²) >= 11 is 30.6. The van der Waals surface area contributed by atoms with Gasteiger partial charge >= 0.3 is 23.9 Å². The van der Waals surface area contributed by atoms with Crippen LogP contribution in [0.15, 0.2) is 175 Å². The Kier molecular flexibility index (Phi) is 37.3. The maximum absolute atomic E-state index is 15.4. The molecule has 9 aromatic carbocycles. The van der Waals surface area contributed by atoms with E-state index in [2.05, 4.69) is 22.1 Å². The molecule has 4 fully saturated rings. The first-order valence-corrected chi connectivity index (χ1v) is 52.5. The molecule has 8 aliphatic rings. The number of carbonyl (C=O) groups is 4. The van der Waals surface area contributed by atoms with Crippen molar-refractivity contribution in [1.82, 2.24) is 0 Å². The number of halogens is 12. The van der Waals surface area contributed by atoms with Gasteiger partial charge in [-0.3, -0.25) is 23.4 Å². The van der Waals surface area contributed by atoms with Gasteiger partial charge in [-0.1, -0.05) is 113 Å². The number of benzene rings is 9. The largest absolute Gasteiger partial charge is 0.490 e. The molecule has 4 saturated heterocycles. The van der Waals surface area contributed by atoms with Crippen molar-refractivity contribution in [2.45, 2.75) is 135 Å². The molecule has 139 heavy (non-hydrogen) atoms. The van der Waals surface area contributed by atoms with Gasteiger partial charge in [0.1, 0.15) is 29.0 Å². The minimum absolute atomic E-state index is 0.00823. The average Bonchev–Trinajstić information content (AvgIpc) is 0.736. The van der Waals surface area contributed by atoms with E-state index in [0.29, 0.717) is 121 Å². The third-order valence-corrected chi connectivity index (χ3v) is 32.9. The summed E-state index contributed by atoms with van der Waals surface area (Å²) in [5, 5.41) is 20.1. The highest BCUT2D eigenvalue weighted by molar-refractivity contribution is 8.00. The van der Waals surface area contributed by atoms with E-state index in [-0.39, 0.29) is 156 Å². The number of hydrogen-bond acceptors (Lipinski definition) is 22. The van der Waals surface area contributed by atoms with Gasteiger partial charge < -0.3 is 57.6 Å². The lowest BCUT2D eigenvalue weighted by Gasteiger charge is -2.51. The summed E-state index contributed by atoms with van der Waals surface area (Å²) in [6.07, 6.45) is 3.75. The van der Waals surface area contributed by atoms with Crippen LogP contribution in [0.25, 0.3) is 0 Å². The Morgan fingerprint density at radius 3 is 0.986 bits per heavy atom. The van der Waals surface area contributed by atoms with E-state index in [1.807, 2.05) is 67.6 Å². The minimum Gasteiger partial charge on any atom is -0.490 e. The van der Waals surface area contributed by atoms with Crippen molar-refractivity contribution < 1.29 is 133 Å². The van der Waals surface area contributed by atoms with Gasteiger partial charge in [0.15, 0.2) is 56.1 Å². The van der Waals surface area contributed by atoms with Gasteiger partial charge in [-0.05, 0) is 227 Å². The minimum atomic E-state index is -3.94. The molecule has 21 nitrogen and oxygen atoms in total. The molecule has 0 radical (unpaired) electrons. The van der Waals surface area contributed by atoms with E-state index < -0.39 is 130 Å². The zero-order valence-electron chi connectivity index (χ0n) is 75.9. The van der Waals surface area contributed by atoms with Crippen molar-refractivity contribution in [3.8, 4) is 23.0 Å². The van der Waals surface area contributed by atoms with E-state index in [1.165, 1.54) is 55.9 Å². The summed E-state index contributed by atoms with van der Waals surface area (Å²) in [4.78, 5) is 43.0. The Balaban J connectivity index is 0.000000153. The molecule has 8 aliphatic heterocycles. The van der Waals surface area contributed by atoms with Crippen LogP contribution in [0.4, 0.5) is 35.1 Å². The predicted octanol–water partition coefficient (Wildman–Crippen LogP) is 20.2. The van der Waals surface area contributed by atoms with Crippen LogP contribution >= 0.6 is 82.6 Å². The Hall–Kier alpha value is -8.59. The molecule has 748 valence electrons. The molecule has 2 N–H and O–H groups in total. The van der Waals surface area contributed by atoms with Gasteiger partial charge in [0.25, 0.3) is 10.1 Å². The molecule has 12 atom stereocenters. The fourth-order valence-corrected chi connectivity index (χ4v) is 24.6. The molecular weight excluding hydrogens is 2000 g/mol. The zero-order valence-corrected chi connectivity index (χ0v) is 83.0. The summed E-state index contributed by atoms with van der Waals surface area (Å²) < 4.78 is 230. The summed E-state index contributed by atoms with van der Waals surface area (Å²) in [6.45, 7) is 3.70. The number of rotatable bonds is 29. The van der Waals surface area contributed by atoms with Crippen molar-refractivity contribution in [3.05, 3.63) is 287 Å². The normalized spacial score (nSPS) is 23.4. The van der Waals surface area contributed by atoms with Crippen LogP contribution in [0.2, 0.25) is 20.1 Å². The maximum Gasteiger partial charge on any atom is 0.318 e. The topological polar surface area (TPSA) is 279 Å². The molecule has 0 amide bonds. The quantitative estimate of drug-likeness (QED) is 0.0129. The number of thioether (sulfide) groups is 2. The van der Waals surface area contributed by atoms with E-state index in [9.17, 15) is 53.6 Å². The number of carboxylic acid groups (broad SMARTS) is 2. The predicted molar refractivity (Wildman–Crippen MR) is 515 cm³/mol. The first-order valence-electron chi connectivity index (χ1n) is 44.9. The lowest BCUT2D eigenvalue weighted by Crippen LogP contribution is -2.55. The summed E-state index contributed by atoms with van der Waals surface area (Å²) in [6, 6.07) is 44.6. The highest BCUT2D eigenvalue weighted by Crippen LogP contribution is 2.58. The van der Waals surface area contributed by atoms with Crippen LogP contribution in [-0.2, 0) is 119 Å². The SMILES string of the molecule is COC(=O)CS.COC(=O)CSCC[C@@H]1OCC[C@@]2(Cc3ccc(Cl)cc3)c3c(F)ccc(F)c3OC[C@@H]12.Cc1ccc(S(=O)(=O)OCC[C@@H]2OCC[C@@]3(Cc4ccc(Cl)cc4)c4c(F)ccc(F)c4OC[C@@H]23)cc1.O=C(O)CS(=O)(=O)CC[C@@H]1OCC[C@@]2(Cc3ccc(Cl)cc3)c3c(F)ccc(F)c3OC[C@@H]12.O=C(O)CSCC[C@@H]1OCC[C@@]2(Cc3ccc(Cl)cc3)c3c(F)ccc(F)c3OC[C@@H]12. The van der Waals surface area contributed by atoms with E-state index >= 15 is 17.6 Å². The standard InChI is InChI=1S/C28H27ClF2O5S.C24H25ClF2O4S.C23H23ClF2O6S.C23H23ClF2O4S.C3H6O2S/c1-18-2-8-21(9-3-18)37(32,33)36-14-12-25-22-17-35-27-24(31)11-10-23(30)26(27)28(22,13-15-34-25)16-19-4-6-20(29)7-5-19;1-29-21(28)14-32-11-8-20-17-13-31-23-19(27)7-6-18(26)22(23)24(17,9-10-30-20)12-15-2-4-16(25)5-3-15;24-15-3-1-14(2-4-15)11-23-8-9-31-19(7-10-33(29,30)13-20(27)28)16(23)12-32-22-18(26)6-5-17(25)21(22)23;24-15-3-1-14(2-4-15)11-23-8-9-29-19(7-10-31-13-20(27)28)16(23)12-30-22-18(26)6-5-17(25)21(22)23;1-5-3(4)2-6/h2-11,22,25H,12-17H2,1H3;2-7,17,20H,8-14H2,1H3;1-6,16,19H,7-13H2,(H,27,28);1-6,16,19H,7-13H2,(H,27,28);6H,2H2,1H3/t22-,25-,28-;17-,20-,24-;2*16-,19-,23-;/m0000./s1. The van der Waals surface area contributed by atoms with Crippen LogP contribution in [0.5, 0.6) is 23.0 Å². The lowest BCUT2D eigenvalue weighted by molar-refractivity contribution is -0.138. The van der Waals surface area contributed by atoms with Crippen molar-refractivity contribution in [3.63, 3.8) is 0 Å². The Morgan fingerprint density at radius 1 is 0.403 bits per heavy atom. The van der Waals surface area contributed by atoms with Gasteiger partial charge in [-0.25, -0.2) is 43.5 Å². The van der Waals surface area contributed by atoms with Crippen molar-refractivity contribution in [2.24, 2.45) is 23.7 Å². The molecule has 38 heteroatoms. The Bertz CT molecular complexity index is 6030. The molecule has 17 rings (SSSR count). The Morgan fingerprint density at radius 2 is 0.698 bits per heavy atom. The molecule has 0 saturated carbocycles. The highest BCUT2D eigenvalue weighted by Gasteiger charge is 2.58. The van der Waals surface area contributed by atoms with Crippen LogP contribution in [-0.4, -0.2) is 189 Å². The molecule has 0 aliphatic carbocycles. The fraction of sp³-hybridized carbons (Fsp3) is 0.426. The molecule has 0 spiro atoms. The molecule has 0 unspecified atom stereocenters. The number of carboxylic acids is 2. The molecule has 0 aromatic heterocycles. The number of ether oxygens (including phenoxy) is 10. The van der Waals surface area contributed by atoms with Crippen LogP contribution in [0, 0.1) is 77.1 Å². The second kappa shape index (κ2) is 48.2. The van der Waals surface area contributed by atoms with Crippen molar-refractivity contribution >= 4 is 126 Å². The van der Waals surface area contributed by atoms with Crippen LogP contribution in [0.1, 0.15) is 101 Å². The number of fused-ring (bicyclic) bond motifs is 12. The molecular formula is C101H104Cl4F8O21S5. The summed E-state index contributed by atoms with van der Waals surface area (Å²) in [5.74, 6) is -8.29. The van der Waals surface area contributed by atoms with E-state index in [0.717, 1.165) is 70.3 Å². The highest BCUT2D eigenvalue weighted by atomic mass is 35.5. The molecule has 0 bridgehead atoms. The lowest BCUT2D eigenvalue weighted by atomic mass is 9.60. The van der Waals surface area contributed by atoms with Gasteiger partial charge in [0.2, 0.25) is 0 Å². The zero-order chi connectivity index (χ0) is 99.7. The third kappa shape index (κ3) is 25.8. The number of aliphatic carboxylic acids is 2. The number of carbonyl (C=O) groups excluding carboxylic acids is 2. The van der Waals surface area contributed by atoms with Crippen molar-refractivity contribution in [2.75, 3.05) is 114 Å². The smallest absolute Gasteiger partial charge is 0.318 e. The number of sulfone groups is 1. The number of hydrogen-bond donors (Lipinski definition) is 3. The molecule has 8 heterocycles. The second-order valence-corrected chi connectivity index (χ2v) is 43.2. The summed E-state index contributed by atoms with van der Waals surface area (Å²) in [5.41, 5.74) is 2.57. The van der Waals surface area contributed by atoms with Gasteiger partial charge in [0, 0.05) is 114 Å². The van der Waals surface area contributed by atoms with Crippen LogP contribution < -0.4 is 18.9 Å².